The Kier molecular flexibility index (Phi) is 11.0. The van der Waals surface area contributed by atoms with Crippen LogP contribution < -0.4 is 0 Å². The molecule has 0 aromatic heterocycles. The molecule has 0 aromatic rings. The van der Waals surface area contributed by atoms with Gasteiger partial charge < -0.3 is 9.69 Å². The van der Waals surface area contributed by atoms with Crippen LogP contribution in [-0.2, 0) is 9.59 Å². The van der Waals surface area contributed by atoms with Crippen molar-refractivity contribution >= 4 is 12.2 Å². The summed E-state index contributed by atoms with van der Waals surface area (Å²) in [7, 11) is 0. The van der Waals surface area contributed by atoms with E-state index < -0.39 is 0 Å². The first-order valence-electron chi connectivity index (χ1n) is 9.51. The summed E-state index contributed by atoms with van der Waals surface area (Å²) in [6, 6.07) is 0. The number of carbonyl (C=O) groups excluding carboxylic acids is 2. The SMILES string of the molecule is CCCCCCCCCCCCC(=O)N1CCC(C=O)CC1. The molecule has 0 saturated carbocycles. The van der Waals surface area contributed by atoms with Crippen LogP contribution in [0.2, 0.25) is 0 Å². The van der Waals surface area contributed by atoms with E-state index >= 15 is 0 Å². The van der Waals surface area contributed by atoms with Gasteiger partial charge in [-0.2, -0.15) is 0 Å². The predicted octanol–water partition coefficient (Wildman–Crippen LogP) is 4.73. The fourth-order valence-electron chi connectivity index (χ4n) is 3.21. The van der Waals surface area contributed by atoms with Crippen molar-refractivity contribution < 1.29 is 9.59 Å². The van der Waals surface area contributed by atoms with Crippen LogP contribution in [0.5, 0.6) is 0 Å². The molecule has 1 rings (SSSR count). The van der Waals surface area contributed by atoms with Crippen LogP contribution in [0.1, 0.15) is 90.4 Å². The number of likely N-dealkylation sites (tertiary alicyclic amines) is 1. The quantitative estimate of drug-likeness (QED) is 0.386. The van der Waals surface area contributed by atoms with Crippen molar-refractivity contribution in [2.75, 3.05) is 13.1 Å². The maximum absolute atomic E-state index is 12.1. The summed E-state index contributed by atoms with van der Waals surface area (Å²) in [6.07, 6.45) is 16.5. The molecule has 3 nitrogen and oxygen atoms in total. The van der Waals surface area contributed by atoms with Gasteiger partial charge in [0.25, 0.3) is 0 Å². The molecule has 0 radical (unpaired) electrons. The molecule has 128 valence electrons. The van der Waals surface area contributed by atoms with Crippen LogP contribution in [0, 0.1) is 5.92 Å². The first kappa shape index (κ1) is 19.2. The number of hydrogen-bond donors (Lipinski definition) is 0. The maximum Gasteiger partial charge on any atom is 0.222 e. The van der Waals surface area contributed by atoms with Gasteiger partial charge >= 0.3 is 0 Å². The lowest BCUT2D eigenvalue weighted by atomic mass is 9.98. The highest BCUT2D eigenvalue weighted by Crippen LogP contribution is 2.17. The van der Waals surface area contributed by atoms with Gasteiger partial charge in [-0.25, -0.2) is 0 Å². The molecule has 1 aliphatic rings. The van der Waals surface area contributed by atoms with Crippen LogP contribution in [0.15, 0.2) is 0 Å². The molecule has 22 heavy (non-hydrogen) atoms. The molecule has 1 fully saturated rings. The number of nitrogens with zero attached hydrogens (tertiary/aromatic N) is 1. The van der Waals surface area contributed by atoms with Crippen molar-refractivity contribution in [3.8, 4) is 0 Å². The van der Waals surface area contributed by atoms with Crippen LogP contribution in [0.3, 0.4) is 0 Å². The Hall–Kier alpha value is -0.860. The highest BCUT2D eigenvalue weighted by atomic mass is 16.2. The fraction of sp³-hybridized carbons (Fsp3) is 0.895. The minimum absolute atomic E-state index is 0.182. The zero-order valence-electron chi connectivity index (χ0n) is 14.5. The second-order valence-corrected chi connectivity index (χ2v) is 6.79. The third-order valence-electron chi connectivity index (χ3n) is 4.83. The van der Waals surface area contributed by atoms with Gasteiger partial charge in [0.1, 0.15) is 6.29 Å². The van der Waals surface area contributed by atoms with Gasteiger partial charge in [-0.05, 0) is 19.3 Å². The van der Waals surface area contributed by atoms with Crippen LogP contribution >= 0.6 is 0 Å². The molecule has 1 aliphatic heterocycles. The summed E-state index contributed by atoms with van der Waals surface area (Å²) in [6.45, 7) is 3.81. The first-order chi connectivity index (χ1) is 10.8. The molecule has 3 heteroatoms. The van der Waals surface area contributed by atoms with Crippen molar-refractivity contribution in [2.24, 2.45) is 5.92 Å². The number of rotatable bonds is 12. The number of piperidine rings is 1. The summed E-state index contributed by atoms with van der Waals surface area (Å²) in [5, 5.41) is 0. The fourth-order valence-corrected chi connectivity index (χ4v) is 3.21. The zero-order valence-corrected chi connectivity index (χ0v) is 14.5. The molecule has 0 aliphatic carbocycles. The van der Waals surface area contributed by atoms with E-state index in [4.69, 9.17) is 0 Å². The third kappa shape index (κ3) is 8.55. The van der Waals surface area contributed by atoms with E-state index in [1.165, 1.54) is 57.8 Å². The Bertz CT molecular complexity index is 296. The predicted molar refractivity (Wildman–Crippen MR) is 91.8 cm³/mol. The van der Waals surface area contributed by atoms with Crippen LogP contribution in [0.25, 0.3) is 0 Å². The van der Waals surface area contributed by atoms with Crippen molar-refractivity contribution in [2.45, 2.75) is 90.4 Å². The average Bonchev–Trinajstić information content (AvgIpc) is 2.56. The largest absolute Gasteiger partial charge is 0.343 e. The molecule has 0 N–H and O–H groups in total. The van der Waals surface area contributed by atoms with E-state index in [0.29, 0.717) is 12.3 Å². The van der Waals surface area contributed by atoms with Gasteiger partial charge in [0, 0.05) is 25.4 Å². The number of aldehydes is 1. The molecule has 1 saturated heterocycles. The van der Waals surface area contributed by atoms with E-state index in [-0.39, 0.29) is 5.92 Å². The second kappa shape index (κ2) is 12.7. The van der Waals surface area contributed by atoms with E-state index in [2.05, 4.69) is 6.92 Å². The molecule has 0 spiro atoms. The Morgan fingerprint density at radius 3 is 1.91 bits per heavy atom. The van der Waals surface area contributed by atoms with E-state index in [0.717, 1.165) is 38.6 Å². The van der Waals surface area contributed by atoms with Crippen LogP contribution in [0.4, 0.5) is 0 Å². The Balaban J connectivity index is 1.90. The minimum Gasteiger partial charge on any atom is -0.343 e. The first-order valence-corrected chi connectivity index (χ1v) is 9.51. The molecule has 0 atom stereocenters. The van der Waals surface area contributed by atoms with Crippen molar-refractivity contribution in [1.29, 1.82) is 0 Å². The lowest BCUT2D eigenvalue weighted by Gasteiger charge is -2.29. The highest BCUT2D eigenvalue weighted by molar-refractivity contribution is 5.76. The number of hydrogen-bond acceptors (Lipinski definition) is 2. The molecule has 1 heterocycles. The summed E-state index contributed by atoms with van der Waals surface area (Å²) in [5.74, 6) is 0.477. The van der Waals surface area contributed by atoms with Gasteiger partial charge in [0.15, 0.2) is 0 Å². The summed E-state index contributed by atoms with van der Waals surface area (Å²) in [4.78, 5) is 24.7. The normalized spacial score (nSPS) is 16.0. The Morgan fingerprint density at radius 1 is 0.909 bits per heavy atom. The number of amides is 1. The topological polar surface area (TPSA) is 37.4 Å². The molecule has 0 bridgehead atoms. The highest BCUT2D eigenvalue weighted by Gasteiger charge is 2.21. The monoisotopic (exact) mass is 309 g/mol. The molecular formula is C19H35NO2. The van der Waals surface area contributed by atoms with E-state index in [1.807, 2.05) is 4.90 Å². The van der Waals surface area contributed by atoms with Crippen LogP contribution in [-0.4, -0.2) is 30.2 Å². The Morgan fingerprint density at radius 2 is 1.41 bits per heavy atom. The van der Waals surface area contributed by atoms with Gasteiger partial charge in [-0.3, -0.25) is 4.79 Å². The Labute approximate surface area is 136 Å². The van der Waals surface area contributed by atoms with Gasteiger partial charge in [0.2, 0.25) is 5.91 Å². The van der Waals surface area contributed by atoms with Gasteiger partial charge in [0.05, 0.1) is 0 Å². The zero-order chi connectivity index (χ0) is 16.0. The lowest BCUT2D eigenvalue weighted by Crippen LogP contribution is -2.38. The summed E-state index contributed by atoms with van der Waals surface area (Å²) < 4.78 is 0. The average molecular weight is 309 g/mol. The standard InChI is InChI=1S/C19H35NO2/c1-2-3-4-5-6-7-8-9-10-11-12-19(22)20-15-13-18(17-21)14-16-20/h17-18H,2-16H2,1H3. The van der Waals surface area contributed by atoms with Crippen molar-refractivity contribution in [1.82, 2.24) is 4.90 Å². The van der Waals surface area contributed by atoms with Crippen molar-refractivity contribution in [3.63, 3.8) is 0 Å². The second-order valence-electron chi connectivity index (χ2n) is 6.79. The van der Waals surface area contributed by atoms with E-state index in [9.17, 15) is 9.59 Å². The smallest absolute Gasteiger partial charge is 0.222 e. The molecule has 1 amide bonds. The van der Waals surface area contributed by atoms with Crippen molar-refractivity contribution in [3.05, 3.63) is 0 Å². The summed E-state index contributed by atoms with van der Waals surface area (Å²) in [5.41, 5.74) is 0. The molecular weight excluding hydrogens is 274 g/mol. The number of unbranched alkanes of at least 4 members (excludes halogenated alkanes) is 9. The van der Waals surface area contributed by atoms with Gasteiger partial charge in [-0.1, -0.05) is 64.7 Å². The maximum atomic E-state index is 12.1. The number of carbonyl (C=O) groups is 2. The van der Waals surface area contributed by atoms with E-state index in [1.54, 1.807) is 0 Å². The molecule has 0 aromatic carbocycles. The lowest BCUT2D eigenvalue weighted by molar-refractivity contribution is -0.133. The van der Waals surface area contributed by atoms with Gasteiger partial charge in [-0.15, -0.1) is 0 Å². The third-order valence-corrected chi connectivity index (χ3v) is 4.83. The summed E-state index contributed by atoms with van der Waals surface area (Å²) >= 11 is 0. The molecule has 0 unspecified atom stereocenters. The minimum atomic E-state index is 0.182.